The largest absolute Gasteiger partial charge is 0.508 e. The van der Waals surface area contributed by atoms with Crippen LogP contribution >= 0.6 is 0 Å². The molecule has 1 N–H and O–H groups in total. The predicted octanol–water partition coefficient (Wildman–Crippen LogP) is 3.50. The number of amides is 1. The number of hydrogen-bond acceptors (Lipinski definition) is 4. The lowest BCUT2D eigenvalue weighted by atomic mass is 10.1. The maximum Gasteiger partial charge on any atom is 0.227 e. The summed E-state index contributed by atoms with van der Waals surface area (Å²) >= 11 is 0. The summed E-state index contributed by atoms with van der Waals surface area (Å²) in [4.78, 5) is 18.1. The van der Waals surface area contributed by atoms with Crippen molar-refractivity contribution in [2.24, 2.45) is 5.11 Å². The van der Waals surface area contributed by atoms with Crippen LogP contribution in [-0.4, -0.2) is 42.1 Å². The lowest BCUT2D eigenvalue weighted by Crippen LogP contribution is -2.49. The van der Waals surface area contributed by atoms with Crippen LogP contribution in [0.1, 0.15) is 5.56 Å². The minimum absolute atomic E-state index is 0.0975. The highest BCUT2D eigenvalue weighted by molar-refractivity contribution is 5.79. The first-order valence-corrected chi connectivity index (χ1v) is 8.32. The molecule has 1 saturated heterocycles. The van der Waals surface area contributed by atoms with Gasteiger partial charge in [-0.05, 0) is 35.4 Å². The van der Waals surface area contributed by atoms with Crippen LogP contribution in [0.4, 0.5) is 20.2 Å². The molecule has 1 aliphatic rings. The zero-order chi connectivity index (χ0) is 19.4. The van der Waals surface area contributed by atoms with E-state index in [1.165, 1.54) is 17.0 Å². The first-order chi connectivity index (χ1) is 13.0. The molecule has 1 aliphatic heterocycles. The van der Waals surface area contributed by atoms with Gasteiger partial charge in [0.15, 0.2) is 0 Å². The van der Waals surface area contributed by atoms with Gasteiger partial charge >= 0.3 is 0 Å². The van der Waals surface area contributed by atoms with Gasteiger partial charge in [0, 0.05) is 36.8 Å². The Bertz CT molecular complexity index is 883. The van der Waals surface area contributed by atoms with Gasteiger partial charge in [0.25, 0.3) is 0 Å². The number of carbonyl (C=O) groups is 1. The molecule has 0 atom stereocenters. The maximum absolute atomic E-state index is 14.2. The normalized spacial score (nSPS) is 14.0. The summed E-state index contributed by atoms with van der Waals surface area (Å²) in [6.07, 6.45) is 0.151. The van der Waals surface area contributed by atoms with Gasteiger partial charge in [-0.2, -0.15) is 0 Å². The third-order valence-corrected chi connectivity index (χ3v) is 4.38. The Kier molecular flexibility index (Phi) is 5.42. The first-order valence-electron chi connectivity index (χ1n) is 8.32. The van der Waals surface area contributed by atoms with E-state index in [0.29, 0.717) is 18.7 Å². The van der Waals surface area contributed by atoms with Crippen LogP contribution in [0.15, 0.2) is 41.5 Å². The molecule has 140 valence electrons. The Balaban J connectivity index is 1.65. The molecular formula is C18H17F2N5O2. The van der Waals surface area contributed by atoms with E-state index < -0.39 is 11.6 Å². The van der Waals surface area contributed by atoms with E-state index in [4.69, 9.17) is 5.53 Å². The van der Waals surface area contributed by atoms with Gasteiger partial charge in [-0.1, -0.05) is 17.2 Å². The zero-order valence-corrected chi connectivity index (χ0v) is 14.3. The van der Waals surface area contributed by atoms with Crippen molar-refractivity contribution in [3.63, 3.8) is 0 Å². The second-order valence-corrected chi connectivity index (χ2v) is 6.16. The van der Waals surface area contributed by atoms with E-state index in [-0.39, 0.29) is 42.5 Å². The summed E-state index contributed by atoms with van der Waals surface area (Å²) in [5.41, 5.74) is 8.76. The molecule has 2 aromatic carbocycles. The number of halogens is 2. The molecule has 27 heavy (non-hydrogen) atoms. The number of phenolic OH excluding ortho intramolecular Hbond substituents is 1. The Hall–Kier alpha value is -3.32. The number of anilines is 1. The van der Waals surface area contributed by atoms with E-state index >= 15 is 0 Å². The molecule has 0 aromatic heterocycles. The summed E-state index contributed by atoms with van der Waals surface area (Å²) in [5.74, 6) is -1.63. The summed E-state index contributed by atoms with van der Waals surface area (Å²) in [7, 11) is 0. The second-order valence-electron chi connectivity index (χ2n) is 6.16. The highest BCUT2D eigenvalue weighted by Crippen LogP contribution is 2.29. The quantitative estimate of drug-likeness (QED) is 0.505. The molecule has 3 rings (SSSR count). The van der Waals surface area contributed by atoms with Gasteiger partial charge in [-0.15, -0.1) is 0 Å². The standard InChI is InChI=1S/C18H17F2N5O2/c19-15-10-13(22-23-21)11-16(20)18(15)25-6-4-24(5-7-25)17(27)9-12-2-1-3-14(26)8-12/h1-3,8,10-11,26H,4-7,9H2. The van der Waals surface area contributed by atoms with Crippen LogP contribution in [-0.2, 0) is 11.2 Å². The Labute approximate surface area is 154 Å². The van der Waals surface area contributed by atoms with Gasteiger partial charge in [-0.3, -0.25) is 4.79 Å². The fraction of sp³-hybridized carbons (Fsp3) is 0.278. The van der Waals surface area contributed by atoms with Crippen LogP contribution in [0.2, 0.25) is 0 Å². The van der Waals surface area contributed by atoms with Crippen molar-refractivity contribution in [2.45, 2.75) is 6.42 Å². The molecule has 0 spiro atoms. The molecule has 9 heteroatoms. The van der Waals surface area contributed by atoms with Crippen LogP contribution < -0.4 is 4.90 Å². The van der Waals surface area contributed by atoms with Crippen LogP contribution in [0.25, 0.3) is 10.4 Å². The minimum atomic E-state index is -0.808. The number of benzene rings is 2. The number of piperazine rings is 1. The molecule has 0 unspecified atom stereocenters. The fourth-order valence-corrected chi connectivity index (χ4v) is 3.10. The van der Waals surface area contributed by atoms with Crippen LogP contribution in [0.3, 0.4) is 0 Å². The Morgan fingerprint density at radius 1 is 1.15 bits per heavy atom. The van der Waals surface area contributed by atoms with Crippen molar-refractivity contribution < 1.29 is 18.7 Å². The molecule has 7 nitrogen and oxygen atoms in total. The van der Waals surface area contributed by atoms with Gasteiger partial charge in [-0.25, -0.2) is 8.78 Å². The van der Waals surface area contributed by atoms with Crippen molar-refractivity contribution in [3.05, 3.63) is 64.0 Å². The van der Waals surface area contributed by atoms with E-state index in [1.807, 2.05) is 0 Å². The predicted molar refractivity (Wildman–Crippen MR) is 95.8 cm³/mol. The number of carbonyl (C=O) groups excluding carboxylic acids is 1. The lowest BCUT2D eigenvalue weighted by molar-refractivity contribution is -0.130. The average Bonchev–Trinajstić information content (AvgIpc) is 2.62. The maximum atomic E-state index is 14.2. The molecule has 1 amide bonds. The van der Waals surface area contributed by atoms with Crippen molar-refractivity contribution in [1.82, 2.24) is 4.90 Å². The fourth-order valence-electron chi connectivity index (χ4n) is 3.10. The number of nitrogens with zero attached hydrogens (tertiary/aromatic N) is 5. The van der Waals surface area contributed by atoms with Crippen LogP contribution in [0, 0.1) is 11.6 Å². The Morgan fingerprint density at radius 3 is 2.41 bits per heavy atom. The highest BCUT2D eigenvalue weighted by atomic mass is 19.1. The lowest BCUT2D eigenvalue weighted by Gasteiger charge is -2.36. The summed E-state index contributed by atoms with van der Waals surface area (Å²) in [6, 6.07) is 8.45. The van der Waals surface area contributed by atoms with E-state index in [9.17, 15) is 18.7 Å². The average molecular weight is 373 g/mol. The van der Waals surface area contributed by atoms with E-state index in [2.05, 4.69) is 10.0 Å². The smallest absolute Gasteiger partial charge is 0.227 e. The summed E-state index contributed by atoms with van der Waals surface area (Å²) in [5, 5.41) is 12.7. The third-order valence-electron chi connectivity index (χ3n) is 4.38. The van der Waals surface area contributed by atoms with Crippen LogP contribution in [0.5, 0.6) is 5.75 Å². The molecule has 0 radical (unpaired) electrons. The van der Waals surface area contributed by atoms with Crippen molar-refractivity contribution in [1.29, 1.82) is 0 Å². The highest BCUT2D eigenvalue weighted by Gasteiger charge is 2.25. The molecule has 1 heterocycles. The molecule has 0 aliphatic carbocycles. The number of azide groups is 1. The Morgan fingerprint density at radius 2 is 1.81 bits per heavy atom. The molecule has 0 saturated carbocycles. The molecule has 0 bridgehead atoms. The van der Waals surface area contributed by atoms with Gasteiger partial charge in [0.2, 0.25) is 5.91 Å². The van der Waals surface area contributed by atoms with Crippen molar-refractivity contribution >= 4 is 17.3 Å². The van der Waals surface area contributed by atoms with Gasteiger partial charge in [0.05, 0.1) is 6.42 Å². The van der Waals surface area contributed by atoms with Gasteiger partial charge in [0.1, 0.15) is 23.1 Å². The van der Waals surface area contributed by atoms with E-state index in [1.54, 1.807) is 17.0 Å². The van der Waals surface area contributed by atoms with Gasteiger partial charge < -0.3 is 14.9 Å². The summed E-state index contributed by atoms with van der Waals surface area (Å²) in [6.45, 7) is 1.21. The first kappa shape index (κ1) is 18.5. The number of hydrogen-bond donors (Lipinski definition) is 1. The molecular weight excluding hydrogens is 356 g/mol. The monoisotopic (exact) mass is 373 g/mol. The SMILES string of the molecule is [N-]=[N+]=Nc1cc(F)c(N2CCN(C(=O)Cc3cccc(O)c3)CC2)c(F)c1. The van der Waals surface area contributed by atoms with E-state index in [0.717, 1.165) is 12.1 Å². The van der Waals surface area contributed by atoms with Crippen molar-refractivity contribution in [3.8, 4) is 5.75 Å². The topological polar surface area (TPSA) is 92.5 Å². The molecule has 2 aromatic rings. The minimum Gasteiger partial charge on any atom is -0.508 e. The van der Waals surface area contributed by atoms with Crippen molar-refractivity contribution in [2.75, 3.05) is 31.1 Å². The number of phenols is 1. The summed E-state index contributed by atoms with van der Waals surface area (Å²) < 4.78 is 28.5. The second kappa shape index (κ2) is 7.92. The number of rotatable bonds is 4. The number of aromatic hydroxyl groups is 1. The molecule has 1 fully saturated rings. The third kappa shape index (κ3) is 4.27. The zero-order valence-electron chi connectivity index (χ0n) is 14.3.